The lowest BCUT2D eigenvalue weighted by atomic mass is 10.1. The third-order valence-corrected chi connectivity index (χ3v) is 2.74. The Morgan fingerprint density at radius 2 is 2.17 bits per heavy atom. The van der Waals surface area contributed by atoms with Gasteiger partial charge in [-0.1, -0.05) is 6.58 Å². The van der Waals surface area contributed by atoms with Gasteiger partial charge in [0.05, 0.1) is 11.3 Å². The molecule has 0 spiro atoms. The molecule has 0 fully saturated rings. The number of amides is 1. The fourth-order valence-corrected chi connectivity index (χ4v) is 1.95. The number of anilines is 1. The summed E-state index contributed by atoms with van der Waals surface area (Å²) >= 11 is 0. The van der Waals surface area contributed by atoms with E-state index in [-0.39, 0.29) is 12.1 Å². The summed E-state index contributed by atoms with van der Waals surface area (Å²) in [5.41, 5.74) is 1.32. The number of hydrogen-bond donors (Lipinski definition) is 1. The number of rotatable bonds is 4. The summed E-state index contributed by atoms with van der Waals surface area (Å²) in [5.74, 6) is -1.70. The van der Waals surface area contributed by atoms with Gasteiger partial charge in [-0.05, 0) is 30.8 Å². The van der Waals surface area contributed by atoms with Gasteiger partial charge in [-0.25, -0.2) is 4.39 Å². The summed E-state index contributed by atoms with van der Waals surface area (Å²) in [6, 6.07) is 3.71. The summed E-state index contributed by atoms with van der Waals surface area (Å²) in [4.78, 5) is 24.8. The average Bonchev–Trinajstić information content (AvgIpc) is 2.55. The number of carbonyl (C=O) groups is 2. The second kappa shape index (κ2) is 4.70. The van der Waals surface area contributed by atoms with Crippen molar-refractivity contribution in [2.24, 2.45) is 0 Å². The van der Waals surface area contributed by atoms with Crippen molar-refractivity contribution >= 4 is 17.4 Å². The summed E-state index contributed by atoms with van der Waals surface area (Å²) in [7, 11) is 1.76. The molecule has 1 aliphatic rings. The van der Waals surface area contributed by atoms with Crippen molar-refractivity contribution in [1.82, 2.24) is 5.32 Å². The fourth-order valence-electron chi connectivity index (χ4n) is 1.95. The van der Waals surface area contributed by atoms with Crippen molar-refractivity contribution in [3.8, 4) is 0 Å². The van der Waals surface area contributed by atoms with Gasteiger partial charge in [-0.3, -0.25) is 9.59 Å². The van der Waals surface area contributed by atoms with Crippen LogP contribution < -0.4 is 10.2 Å². The summed E-state index contributed by atoms with van der Waals surface area (Å²) in [6.07, 6.45) is 0. The van der Waals surface area contributed by atoms with Crippen LogP contribution in [0.3, 0.4) is 0 Å². The Bertz CT molecular complexity index is 540. The van der Waals surface area contributed by atoms with Gasteiger partial charge in [0.2, 0.25) is 0 Å². The highest BCUT2D eigenvalue weighted by Crippen LogP contribution is 2.29. The Kier molecular flexibility index (Phi) is 3.25. The number of hydrogen-bond acceptors (Lipinski definition) is 3. The molecule has 5 heteroatoms. The maximum Gasteiger partial charge on any atom is 0.299 e. The molecule has 0 aromatic heterocycles. The molecule has 1 aromatic rings. The summed E-state index contributed by atoms with van der Waals surface area (Å²) in [6.45, 7) is 4.54. The number of halogens is 1. The van der Waals surface area contributed by atoms with Crippen LogP contribution in [0.2, 0.25) is 0 Å². The predicted octanol–water partition coefficient (Wildman–Crippen LogP) is 1.13. The van der Waals surface area contributed by atoms with Gasteiger partial charge in [0.15, 0.2) is 0 Å². The zero-order chi connectivity index (χ0) is 13.3. The minimum absolute atomic E-state index is 0.210. The van der Waals surface area contributed by atoms with E-state index in [1.54, 1.807) is 7.05 Å². The third kappa shape index (κ3) is 2.04. The van der Waals surface area contributed by atoms with Crippen molar-refractivity contribution < 1.29 is 14.0 Å². The number of carbonyl (C=O) groups excluding carboxylic acids is 2. The van der Waals surface area contributed by atoms with Crippen molar-refractivity contribution in [2.75, 3.05) is 25.0 Å². The molecule has 4 nitrogen and oxygen atoms in total. The molecule has 1 N–H and O–H groups in total. The van der Waals surface area contributed by atoms with E-state index in [2.05, 4.69) is 11.9 Å². The lowest BCUT2D eigenvalue weighted by Crippen LogP contribution is -2.33. The molecule has 0 bridgehead atoms. The van der Waals surface area contributed by atoms with Crippen LogP contribution in [-0.2, 0) is 4.79 Å². The molecule has 18 heavy (non-hydrogen) atoms. The standard InChI is InChI=1S/C13H13FN2O2/c1-8(6-15-2)7-16-11-5-9(14)3-4-10(11)12(17)13(16)18/h3-5,15H,1,6-7H2,2H3. The van der Waals surface area contributed by atoms with Crippen LogP contribution in [0.5, 0.6) is 0 Å². The maximum atomic E-state index is 13.2. The van der Waals surface area contributed by atoms with Crippen molar-refractivity contribution in [1.29, 1.82) is 0 Å². The van der Waals surface area contributed by atoms with Crippen LogP contribution in [0, 0.1) is 5.82 Å². The third-order valence-electron chi connectivity index (χ3n) is 2.74. The number of nitrogens with zero attached hydrogens (tertiary/aromatic N) is 1. The number of nitrogens with one attached hydrogen (secondary N) is 1. The molecule has 1 aromatic carbocycles. The highest BCUT2D eigenvalue weighted by molar-refractivity contribution is 6.52. The lowest BCUT2D eigenvalue weighted by molar-refractivity contribution is -0.114. The molecule has 94 valence electrons. The van der Waals surface area contributed by atoms with E-state index in [1.165, 1.54) is 23.1 Å². The first kappa shape index (κ1) is 12.4. The minimum Gasteiger partial charge on any atom is -0.316 e. The van der Waals surface area contributed by atoms with Gasteiger partial charge in [-0.2, -0.15) is 0 Å². The molecule has 0 unspecified atom stereocenters. The molecule has 1 heterocycles. The Labute approximate surface area is 104 Å². The zero-order valence-electron chi connectivity index (χ0n) is 10.00. The Morgan fingerprint density at radius 1 is 1.44 bits per heavy atom. The summed E-state index contributed by atoms with van der Waals surface area (Å²) < 4.78 is 13.2. The SMILES string of the molecule is C=C(CNC)CN1C(=O)C(=O)c2ccc(F)cc21. The first-order chi connectivity index (χ1) is 8.54. The smallest absolute Gasteiger partial charge is 0.299 e. The van der Waals surface area contributed by atoms with Crippen LogP contribution >= 0.6 is 0 Å². The Morgan fingerprint density at radius 3 is 2.83 bits per heavy atom. The quantitative estimate of drug-likeness (QED) is 0.642. The molecule has 2 rings (SSSR count). The van der Waals surface area contributed by atoms with Gasteiger partial charge >= 0.3 is 0 Å². The molecular formula is C13H13FN2O2. The van der Waals surface area contributed by atoms with Crippen molar-refractivity contribution in [3.05, 3.63) is 41.7 Å². The molecular weight excluding hydrogens is 235 g/mol. The highest BCUT2D eigenvalue weighted by atomic mass is 19.1. The normalized spacial score (nSPS) is 14.0. The van der Waals surface area contributed by atoms with E-state index in [1.807, 2.05) is 0 Å². The topological polar surface area (TPSA) is 49.4 Å². The van der Waals surface area contributed by atoms with E-state index in [0.29, 0.717) is 12.2 Å². The second-order valence-electron chi connectivity index (χ2n) is 4.16. The van der Waals surface area contributed by atoms with Gasteiger partial charge in [0.1, 0.15) is 5.82 Å². The first-order valence-electron chi connectivity index (χ1n) is 5.51. The van der Waals surface area contributed by atoms with Gasteiger partial charge in [0, 0.05) is 13.1 Å². The van der Waals surface area contributed by atoms with E-state index >= 15 is 0 Å². The first-order valence-corrected chi connectivity index (χ1v) is 5.51. The number of benzene rings is 1. The van der Waals surface area contributed by atoms with Crippen LogP contribution in [-0.4, -0.2) is 31.8 Å². The molecule has 0 saturated carbocycles. The van der Waals surface area contributed by atoms with E-state index < -0.39 is 17.5 Å². The number of likely N-dealkylation sites (N-methyl/N-ethyl adjacent to an activating group) is 1. The molecule has 0 radical (unpaired) electrons. The Hall–Kier alpha value is -2.01. The van der Waals surface area contributed by atoms with Gasteiger partial charge in [-0.15, -0.1) is 0 Å². The van der Waals surface area contributed by atoms with Crippen LogP contribution in [0.1, 0.15) is 10.4 Å². The predicted molar refractivity (Wildman–Crippen MR) is 66.2 cm³/mol. The number of ketones is 1. The average molecular weight is 248 g/mol. The maximum absolute atomic E-state index is 13.2. The zero-order valence-corrected chi connectivity index (χ0v) is 10.00. The summed E-state index contributed by atoms with van der Waals surface area (Å²) in [5, 5.41) is 2.91. The lowest BCUT2D eigenvalue weighted by Gasteiger charge is -2.17. The van der Waals surface area contributed by atoms with Crippen LogP contribution in [0.15, 0.2) is 30.4 Å². The highest BCUT2D eigenvalue weighted by Gasteiger charge is 2.35. The number of Topliss-reactive ketones (excluding diaryl/α,β-unsaturated/α-hetero) is 1. The molecule has 0 atom stereocenters. The van der Waals surface area contributed by atoms with Crippen LogP contribution in [0.4, 0.5) is 10.1 Å². The van der Waals surface area contributed by atoms with E-state index in [9.17, 15) is 14.0 Å². The number of fused-ring (bicyclic) bond motifs is 1. The Balaban J connectivity index is 2.33. The van der Waals surface area contributed by atoms with Gasteiger partial charge < -0.3 is 10.2 Å². The van der Waals surface area contributed by atoms with E-state index in [4.69, 9.17) is 0 Å². The second-order valence-corrected chi connectivity index (χ2v) is 4.16. The van der Waals surface area contributed by atoms with Crippen molar-refractivity contribution in [2.45, 2.75) is 0 Å². The monoisotopic (exact) mass is 248 g/mol. The molecule has 1 amide bonds. The van der Waals surface area contributed by atoms with E-state index in [0.717, 1.165) is 5.57 Å². The van der Waals surface area contributed by atoms with Gasteiger partial charge in [0.25, 0.3) is 11.7 Å². The molecule has 0 aliphatic carbocycles. The van der Waals surface area contributed by atoms with Crippen LogP contribution in [0.25, 0.3) is 0 Å². The largest absolute Gasteiger partial charge is 0.316 e. The van der Waals surface area contributed by atoms with Crippen molar-refractivity contribution in [3.63, 3.8) is 0 Å². The molecule has 0 saturated heterocycles. The fraction of sp³-hybridized carbons (Fsp3) is 0.231. The minimum atomic E-state index is -0.632. The molecule has 1 aliphatic heterocycles.